The number of benzene rings is 1. The Labute approximate surface area is 108 Å². The van der Waals surface area contributed by atoms with Crippen molar-refractivity contribution in [3.63, 3.8) is 0 Å². The Morgan fingerprint density at radius 3 is 2.50 bits per heavy atom. The Hall–Kier alpha value is -1.86. The number of carbonyl (C=O) groups is 1. The van der Waals surface area contributed by atoms with E-state index >= 15 is 0 Å². The first-order chi connectivity index (χ1) is 8.58. The number of ether oxygens (including phenoxy) is 1. The molecule has 0 aliphatic carbocycles. The fourth-order valence-electron chi connectivity index (χ4n) is 1.84. The minimum Gasteiger partial charge on any atom is -0.468 e. The van der Waals surface area contributed by atoms with E-state index in [0.717, 1.165) is 5.56 Å². The molecule has 0 N–H and O–H groups in total. The van der Waals surface area contributed by atoms with Gasteiger partial charge in [0.25, 0.3) is 0 Å². The van der Waals surface area contributed by atoms with Gasteiger partial charge in [-0.05, 0) is 30.5 Å². The maximum atomic E-state index is 11.3. The molecule has 0 amide bonds. The average molecular weight is 246 g/mol. The van der Waals surface area contributed by atoms with Crippen molar-refractivity contribution in [2.24, 2.45) is 0 Å². The van der Waals surface area contributed by atoms with E-state index in [-0.39, 0.29) is 19.1 Å². The minimum atomic E-state index is -0.323. The highest BCUT2D eigenvalue weighted by molar-refractivity contribution is 5.71. The Kier molecular flexibility index (Phi) is 5.34. The van der Waals surface area contributed by atoms with Gasteiger partial charge in [-0.25, -0.2) is 0 Å². The van der Waals surface area contributed by atoms with Crippen LogP contribution in [0.1, 0.15) is 16.7 Å². The number of rotatable bonds is 5. The molecule has 0 radical (unpaired) electrons. The van der Waals surface area contributed by atoms with Gasteiger partial charge in [-0.1, -0.05) is 18.2 Å². The maximum Gasteiger partial charge on any atom is 0.319 e. The van der Waals surface area contributed by atoms with Crippen LogP contribution in [0.4, 0.5) is 0 Å². The number of esters is 1. The van der Waals surface area contributed by atoms with Crippen LogP contribution >= 0.6 is 0 Å². The number of carbonyl (C=O) groups excluding carboxylic acids is 1. The zero-order chi connectivity index (χ0) is 13.5. The molecule has 0 heterocycles. The molecule has 18 heavy (non-hydrogen) atoms. The molecule has 0 spiro atoms. The van der Waals surface area contributed by atoms with Gasteiger partial charge in [0.05, 0.1) is 26.3 Å². The molecular weight excluding hydrogens is 228 g/mol. The van der Waals surface area contributed by atoms with Gasteiger partial charge in [0.2, 0.25) is 0 Å². The second-order valence-corrected chi connectivity index (χ2v) is 4.25. The standard InChI is InChI=1S/C14H18N2O2/c1-11-5-4-6-12(2)13(11)9-16(8-7-15)10-14(17)18-3/h4-6H,8-10H2,1-3H3. The molecule has 0 atom stereocenters. The van der Waals surface area contributed by atoms with Gasteiger partial charge in [-0.3, -0.25) is 9.69 Å². The van der Waals surface area contributed by atoms with Gasteiger partial charge in [-0.2, -0.15) is 5.26 Å². The number of nitriles is 1. The predicted octanol–water partition coefficient (Wildman–Crippen LogP) is 1.80. The normalized spacial score (nSPS) is 10.2. The van der Waals surface area contributed by atoms with E-state index in [4.69, 9.17) is 5.26 Å². The molecule has 0 unspecified atom stereocenters. The first-order valence-electron chi connectivity index (χ1n) is 5.79. The Morgan fingerprint density at radius 2 is 2.00 bits per heavy atom. The van der Waals surface area contributed by atoms with E-state index in [1.165, 1.54) is 18.2 Å². The van der Waals surface area contributed by atoms with Crippen molar-refractivity contribution in [1.82, 2.24) is 4.90 Å². The van der Waals surface area contributed by atoms with Crippen molar-refractivity contribution in [2.45, 2.75) is 20.4 Å². The van der Waals surface area contributed by atoms with E-state index in [0.29, 0.717) is 6.54 Å². The lowest BCUT2D eigenvalue weighted by Crippen LogP contribution is -2.31. The van der Waals surface area contributed by atoms with Crippen molar-refractivity contribution >= 4 is 5.97 Å². The molecule has 0 aromatic heterocycles. The molecule has 0 saturated heterocycles. The number of methoxy groups -OCH3 is 1. The van der Waals surface area contributed by atoms with Gasteiger partial charge in [0.15, 0.2) is 0 Å². The molecule has 4 heteroatoms. The fourth-order valence-corrected chi connectivity index (χ4v) is 1.84. The summed E-state index contributed by atoms with van der Waals surface area (Å²) in [7, 11) is 1.35. The van der Waals surface area contributed by atoms with Crippen LogP contribution in [0.25, 0.3) is 0 Å². The Morgan fingerprint density at radius 1 is 1.39 bits per heavy atom. The first kappa shape index (κ1) is 14.2. The summed E-state index contributed by atoms with van der Waals surface area (Å²) < 4.78 is 4.64. The third-order valence-electron chi connectivity index (χ3n) is 2.90. The van der Waals surface area contributed by atoms with E-state index in [1.54, 1.807) is 4.90 Å². The highest BCUT2D eigenvalue weighted by atomic mass is 16.5. The molecular formula is C14H18N2O2. The highest BCUT2D eigenvalue weighted by Gasteiger charge is 2.13. The van der Waals surface area contributed by atoms with Crippen molar-refractivity contribution in [3.05, 3.63) is 34.9 Å². The fraction of sp³-hybridized carbons (Fsp3) is 0.429. The largest absolute Gasteiger partial charge is 0.468 e. The van der Waals surface area contributed by atoms with Gasteiger partial charge >= 0.3 is 5.97 Å². The third kappa shape index (κ3) is 3.86. The minimum absolute atomic E-state index is 0.137. The van der Waals surface area contributed by atoms with Crippen LogP contribution in [0.2, 0.25) is 0 Å². The van der Waals surface area contributed by atoms with Crippen LogP contribution in [0.5, 0.6) is 0 Å². The molecule has 0 saturated carbocycles. The van der Waals surface area contributed by atoms with E-state index < -0.39 is 0 Å². The Bertz CT molecular complexity index is 443. The monoisotopic (exact) mass is 246 g/mol. The molecule has 1 rings (SSSR count). The second kappa shape index (κ2) is 6.77. The summed E-state index contributed by atoms with van der Waals surface area (Å²) in [6, 6.07) is 8.14. The second-order valence-electron chi connectivity index (χ2n) is 4.25. The summed E-state index contributed by atoms with van der Waals surface area (Å²) in [4.78, 5) is 13.1. The lowest BCUT2D eigenvalue weighted by atomic mass is 10.0. The quantitative estimate of drug-likeness (QED) is 0.587. The van der Waals surface area contributed by atoms with Gasteiger partial charge in [0, 0.05) is 6.54 Å². The molecule has 0 aliphatic rings. The van der Waals surface area contributed by atoms with Crippen molar-refractivity contribution in [1.29, 1.82) is 5.26 Å². The zero-order valence-corrected chi connectivity index (χ0v) is 11.1. The van der Waals surface area contributed by atoms with Gasteiger partial charge in [0.1, 0.15) is 0 Å². The molecule has 4 nitrogen and oxygen atoms in total. The van der Waals surface area contributed by atoms with Crippen molar-refractivity contribution in [2.75, 3.05) is 20.2 Å². The van der Waals surface area contributed by atoms with Crippen molar-refractivity contribution < 1.29 is 9.53 Å². The average Bonchev–Trinajstić information content (AvgIpc) is 2.34. The zero-order valence-electron chi connectivity index (χ0n) is 11.1. The van der Waals surface area contributed by atoms with Crippen LogP contribution in [0.15, 0.2) is 18.2 Å². The summed E-state index contributed by atoms with van der Waals surface area (Å²) in [5.41, 5.74) is 3.50. The molecule has 1 aromatic rings. The summed E-state index contributed by atoms with van der Waals surface area (Å²) in [5, 5.41) is 8.80. The van der Waals surface area contributed by atoms with E-state index in [2.05, 4.69) is 10.8 Å². The molecule has 96 valence electrons. The SMILES string of the molecule is COC(=O)CN(CC#N)Cc1c(C)cccc1C. The number of nitrogens with zero attached hydrogens (tertiary/aromatic N) is 2. The van der Waals surface area contributed by atoms with Crippen molar-refractivity contribution in [3.8, 4) is 6.07 Å². The highest BCUT2D eigenvalue weighted by Crippen LogP contribution is 2.15. The topological polar surface area (TPSA) is 53.3 Å². The maximum absolute atomic E-state index is 11.3. The Balaban J connectivity index is 2.83. The molecule has 0 bridgehead atoms. The summed E-state index contributed by atoms with van der Waals surface area (Å²) >= 11 is 0. The molecule has 1 aromatic carbocycles. The smallest absolute Gasteiger partial charge is 0.319 e. The third-order valence-corrected chi connectivity index (χ3v) is 2.90. The lowest BCUT2D eigenvalue weighted by molar-refractivity contribution is -0.141. The summed E-state index contributed by atoms with van der Waals surface area (Å²) in [6.45, 7) is 5.00. The summed E-state index contributed by atoms with van der Waals surface area (Å²) in [5.74, 6) is -0.323. The van der Waals surface area contributed by atoms with Crippen LogP contribution in [0, 0.1) is 25.2 Å². The molecule has 0 fully saturated rings. The molecule has 0 aliphatic heterocycles. The predicted molar refractivity (Wildman–Crippen MR) is 68.8 cm³/mol. The number of hydrogen-bond acceptors (Lipinski definition) is 4. The lowest BCUT2D eigenvalue weighted by Gasteiger charge is -2.20. The summed E-state index contributed by atoms with van der Waals surface area (Å²) in [6.07, 6.45) is 0. The number of aryl methyl sites for hydroxylation is 2. The van der Waals surface area contributed by atoms with E-state index in [9.17, 15) is 4.79 Å². The van der Waals surface area contributed by atoms with Crippen LogP contribution in [-0.4, -0.2) is 31.1 Å². The van der Waals surface area contributed by atoms with Gasteiger partial charge < -0.3 is 4.74 Å². The van der Waals surface area contributed by atoms with Crippen LogP contribution in [0.3, 0.4) is 0 Å². The first-order valence-corrected chi connectivity index (χ1v) is 5.79. The van der Waals surface area contributed by atoms with Crippen LogP contribution in [-0.2, 0) is 16.1 Å². The number of hydrogen-bond donors (Lipinski definition) is 0. The van der Waals surface area contributed by atoms with Crippen LogP contribution < -0.4 is 0 Å². The van der Waals surface area contributed by atoms with E-state index in [1.807, 2.05) is 32.0 Å². The van der Waals surface area contributed by atoms with Gasteiger partial charge in [-0.15, -0.1) is 0 Å².